The molecule has 3 rings (SSSR count). The molecule has 0 unspecified atom stereocenters. The Morgan fingerprint density at radius 3 is 2.57 bits per heavy atom. The number of likely N-dealkylation sites (tertiary alicyclic amines) is 1. The topological polar surface area (TPSA) is 34.0 Å². The number of hydrogen-bond donors (Lipinski definition) is 0. The van der Waals surface area contributed by atoms with E-state index >= 15 is 4.39 Å². The van der Waals surface area contributed by atoms with Crippen LogP contribution in [0.5, 0.6) is 0 Å². The van der Waals surface area contributed by atoms with Gasteiger partial charge in [-0.25, -0.2) is 9.07 Å². The normalized spacial score (nSPS) is 18.5. The highest BCUT2D eigenvalue weighted by Gasteiger charge is 2.37. The second-order valence-corrected chi connectivity index (χ2v) is 6.91. The van der Waals surface area contributed by atoms with Gasteiger partial charge in [-0.2, -0.15) is 0 Å². The standard InChI is InChI=1S/C17H22ClFN4/c1-13(2)23-12-14(20-21-23)11-22-9-7-17(19,8-10-22)15-5-3-4-6-16(15)18/h3-6,12-13H,7-11H2,1-2H3. The lowest BCUT2D eigenvalue weighted by Gasteiger charge is -2.36. The van der Waals surface area contributed by atoms with Gasteiger partial charge in [0.2, 0.25) is 0 Å². The van der Waals surface area contributed by atoms with Gasteiger partial charge in [0.25, 0.3) is 0 Å². The van der Waals surface area contributed by atoms with Gasteiger partial charge in [-0.3, -0.25) is 4.90 Å². The molecule has 1 aromatic carbocycles. The third-order valence-corrected chi connectivity index (χ3v) is 4.81. The van der Waals surface area contributed by atoms with Crippen LogP contribution < -0.4 is 0 Å². The van der Waals surface area contributed by atoms with Crippen LogP contribution in [0.4, 0.5) is 4.39 Å². The van der Waals surface area contributed by atoms with Gasteiger partial charge in [0.1, 0.15) is 5.67 Å². The maximum Gasteiger partial charge on any atom is 0.139 e. The van der Waals surface area contributed by atoms with Gasteiger partial charge in [0, 0.05) is 36.3 Å². The molecular formula is C17H22ClFN4. The highest BCUT2D eigenvalue weighted by molar-refractivity contribution is 6.31. The summed E-state index contributed by atoms with van der Waals surface area (Å²) < 4.78 is 17.1. The summed E-state index contributed by atoms with van der Waals surface area (Å²) in [5.74, 6) is 0. The van der Waals surface area contributed by atoms with Gasteiger partial charge in [-0.1, -0.05) is 35.0 Å². The van der Waals surface area contributed by atoms with E-state index in [4.69, 9.17) is 11.6 Å². The van der Waals surface area contributed by atoms with E-state index in [1.54, 1.807) is 12.1 Å². The van der Waals surface area contributed by atoms with Crippen molar-refractivity contribution in [3.05, 3.63) is 46.7 Å². The fourth-order valence-electron chi connectivity index (χ4n) is 3.03. The van der Waals surface area contributed by atoms with Gasteiger partial charge in [-0.15, -0.1) is 5.10 Å². The molecule has 0 aliphatic carbocycles. The average molecular weight is 337 g/mol. The first-order valence-electron chi connectivity index (χ1n) is 8.05. The van der Waals surface area contributed by atoms with Crippen molar-refractivity contribution in [1.82, 2.24) is 19.9 Å². The maximum absolute atomic E-state index is 15.2. The van der Waals surface area contributed by atoms with Crippen molar-refractivity contribution in [2.24, 2.45) is 0 Å². The summed E-state index contributed by atoms with van der Waals surface area (Å²) >= 11 is 6.17. The quantitative estimate of drug-likeness (QED) is 0.847. The molecule has 0 saturated carbocycles. The Labute approximate surface area is 141 Å². The second-order valence-electron chi connectivity index (χ2n) is 6.50. The van der Waals surface area contributed by atoms with Crippen LogP contribution in [-0.2, 0) is 12.2 Å². The lowest BCUT2D eigenvalue weighted by atomic mass is 9.86. The van der Waals surface area contributed by atoms with Gasteiger partial charge in [-0.05, 0) is 32.8 Å². The summed E-state index contributed by atoms with van der Waals surface area (Å²) in [5.41, 5.74) is 0.222. The minimum atomic E-state index is -1.33. The van der Waals surface area contributed by atoms with Gasteiger partial charge in [0.15, 0.2) is 0 Å². The lowest BCUT2D eigenvalue weighted by molar-refractivity contribution is 0.0521. The predicted molar refractivity (Wildman–Crippen MR) is 89.2 cm³/mol. The first kappa shape index (κ1) is 16.4. The predicted octanol–water partition coefficient (Wildman–Crippen LogP) is 3.97. The third-order valence-electron chi connectivity index (χ3n) is 4.48. The molecule has 0 bridgehead atoms. The molecule has 1 saturated heterocycles. The monoisotopic (exact) mass is 336 g/mol. The molecule has 124 valence electrons. The van der Waals surface area contributed by atoms with Crippen LogP contribution in [0, 0.1) is 0 Å². The van der Waals surface area contributed by atoms with E-state index in [1.807, 2.05) is 23.0 Å². The van der Waals surface area contributed by atoms with E-state index in [0.717, 1.165) is 5.69 Å². The summed E-state index contributed by atoms with van der Waals surface area (Å²) in [7, 11) is 0. The molecule has 0 N–H and O–H groups in total. The van der Waals surface area contributed by atoms with Crippen molar-refractivity contribution in [3.63, 3.8) is 0 Å². The first-order valence-corrected chi connectivity index (χ1v) is 8.43. The van der Waals surface area contributed by atoms with Crippen LogP contribution in [-0.4, -0.2) is 33.0 Å². The number of rotatable bonds is 4. The van der Waals surface area contributed by atoms with E-state index in [2.05, 4.69) is 29.1 Å². The van der Waals surface area contributed by atoms with E-state index in [-0.39, 0.29) is 0 Å². The van der Waals surface area contributed by atoms with E-state index < -0.39 is 5.67 Å². The third kappa shape index (κ3) is 3.56. The SMILES string of the molecule is CC(C)n1cc(CN2CCC(F)(c3ccccc3Cl)CC2)nn1. The molecule has 0 spiro atoms. The van der Waals surface area contributed by atoms with Gasteiger partial charge in [0.05, 0.1) is 11.9 Å². The van der Waals surface area contributed by atoms with Crippen LogP contribution in [0.1, 0.15) is 44.0 Å². The van der Waals surface area contributed by atoms with Crippen LogP contribution in [0.25, 0.3) is 0 Å². The number of piperidine rings is 1. The Kier molecular flexibility index (Phi) is 4.69. The molecule has 2 aromatic rings. The minimum absolute atomic E-state index is 0.302. The van der Waals surface area contributed by atoms with E-state index in [9.17, 15) is 0 Å². The van der Waals surface area contributed by atoms with Crippen LogP contribution in [0.3, 0.4) is 0 Å². The van der Waals surface area contributed by atoms with Crippen molar-refractivity contribution in [3.8, 4) is 0 Å². The number of halogens is 2. The number of nitrogens with zero attached hydrogens (tertiary/aromatic N) is 4. The molecule has 1 fully saturated rings. The minimum Gasteiger partial charge on any atom is -0.297 e. The zero-order chi connectivity index (χ0) is 16.4. The summed E-state index contributed by atoms with van der Waals surface area (Å²) in [4.78, 5) is 2.23. The zero-order valence-electron chi connectivity index (χ0n) is 13.5. The molecular weight excluding hydrogens is 315 g/mol. The van der Waals surface area contributed by atoms with E-state index in [0.29, 0.717) is 49.1 Å². The molecule has 2 heterocycles. The molecule has 1 aliphatic heterocycles. The fraction of sp³-hybridized carbons (Fsp3) is 0.529. The fourth-order valence-corrected chi connectivity index (χ4v) is 3.33. The van der Waals surface area contributed by atoms with E-state index in [1.165, 1.54) is 0 Å². The smallest absolute Gasteiger partial charge is 0.139 e. The number of benzene rings is 1. The summed E-state index contributed by atoms with van der Waals surface area (Å²) in [5, 5.41) is 8.83. The number of aromatic nitrogens is 3. The van der Waals surface area contributed by atoms with Crippen molar-refractivity contribution in [1.29, 1.82) is 0 Å². The molecule has 23 heavy (non-hydrogen) atoms. The van der Waals surface area contributed by atoms with Crippen LogP contribution in [0.15, 0.2) is 30.5 Å². The Bertz CT molecular complexity index is 662. The van der Waals surface area contributed by atoms with Gasteiger partial charge < -0.3 is 0 Å². The Balaban J connectivity index is 1.63. The van der Waals surface area contributed by atoms with Crippen molar-refractivity contribution < 1.29 is 4.39 Å². The Morgan fingerprint density at radius 2 is 1.96 bits per heavy atom. The highest BCUT2D eigenvalue weighted by atomic mass is 35.5. The van der Waals surface area contributed by atoms with Crippen LogP contribution >= 0.6 is 11.6 Å². The molecule has 0 atom stereocenters. The lowest BCUT2D eigenvalue weighted by Crippen LogP contribution is -2.40. The Hall–Kier alpha value is -1.46. The zero-order valence-corrected chi connectivity index (χ0v) is 14.3. The first-order chi connectivity index (χ1) is 11.0. The maximum atomic E-state index is 15.2. The van der Waals surface area contributed by atoms with Crippen LogP contribution in [0.2, 0.25) is 5.02 Å². The molecule has 1 aromatic heterocycles. The molecule has 0 amide bonds. The van der Waals surface area contributed by atoms with Crippen molar-refractivity contribution >= 4 is 11.6 Å². The number of alkyl halides is 1. The largest absolute Gasteiger partial charge is 0.297 e. The molecule has 0 radical (unpaired) electrons. The highest BCUT2D eigenvalue weighted by Crippen LogP contribution is 2.40. The molecule has 4 nitrogen and oxygen atoms in total. The second kappa shape index (κ2) is 6.57. The van der Waals surface area contributed by atoms with Gasteiger partial charge >= 0.3 is 0 Å². The molecule has 6 heteroatoms. The summed E-state index contributed by atoms with van der Waals surface area (Å²) in [6.45, 7) is 6.23. The molecule has 1 aliphatic rings. The average Bonchev–Trinajstić information content (AvgIpc) is 2.99. The van der Waals surface area contributed by atoms with Crippen molar-refractivity contribution in [2.45, 2.75) is 44.9 Å². The number of hydrogen-bond acceptors (Lipinski definition) is 3. The Morgan fingerprint density at radius 1 is 1.26 bits per heavy atom. The summed E-state index contributed by atoms with van der Waals surface area (Å²) in [6.07, 6.45) is 2.88. The van der Waals surface area contributed by atoms with Crippen molar-refractivity contribution in [2.75, 3.05) is 13.1 Å². The summed E-state index contributed by atoms with van der Waals surface area (Å²) in [6, 6.07) is 7.54.